The summed E-state index contributed by atoms with van der Waals surface area (Å²) in [6, 6.07) is 6.09. The number of aliphatic hydroxyl groups is 1. The van der Waals surface area contributed by atoms with Crippen molar-refractivity contribution >= 4 is 32.5 Å². The Kier molecular flexibility index (Phi) is 6.48. The fraction of sp³-hybridized carbons (Fsp3) is 0.333. The van der Waals surface area contributed by atoms with Gasteiger partial charge < -0.3 is 10.4 Å². The quantitative estimate of drug-likeness (QED) is 0.577. The monoisotopic (exact) mass is 384 g/mol. The zero-order chi connectivity index (χ0) is 18.4. The topological polar surface area (TPSA) is 120 Å². The number of aliphatic hydroxyl groups excluding tert-OH is 1. The number of benzene rings is 1. The van der Waals surface area contributed by atoms with Crippen LogP contribution in [-0.2, 0) is 10.0 Å². The van der Waals surface area contributed by atoms with Crippen LogP contribution in [0.1, 0.15) is 12.6 Å². The summed E-state index contributed by atoms with van der Waals surface area (Å²) in [7, 11) is -3.69. The molecule has 8 nitrogen and oxygen atoms in total. The fourth-order valence-corrected chi connectivity index (χ4v) is 4.11. The first-order valence-corrected chi connectivity index (χ1v) is 9.90. The number of carbonyl (C=O) groups excluding carboxylic acids is 1. The van der Waals surface area contributed by atoms with Crippen molar-refractivity contribution in [2.75, 3.05) is 25.0 Å². The minimum atomic E-state index is -3.69. The molecule has 2 rings (SSSR count). The highest BCUT2D eigenvalue weighted by Gasteiger charge is 2.16. The van der Waals surface area contributed by atoms with Crippen LogP contribution in [0.15, 0.2) is 29.2 Å². The summed E-state index contributed by atoms with van der Waals surface area (Å²) in [5, 5.41) is 14.5. The first-order valence-electron chi connectivity index (χ1n) is 7.60. The van der Waals surface area contributed by atoms with Gasteiger partial charge in [0, 0.05) is 13.1 Å². The zero-order valence-electron chi connectivity index (χ0n) is 13.9. The van der Waals surface area contributed by atoms with Crippen molar-refractivity contribution in [1.29, 1.82) is 0 Å². The molecule has 0 aliphatic heterocycles. The minimum Gasteiger partial charge on any atom is -0.395 e. The molecule has 1 aromatic carbocycles. The average Bonchev–Trinajstić information content (AvgIpc) is 2.93. The zero-order valence-corrected chi connectivity index (χ0v) is 15.5. The Hall–Kier alpha value is -2.01. The molecule has 0 radical (unpaired) electrons. The van der Waals surface area contributed by atoms with Gasteiger partial charge in [0.15, 0.2) is 5.13 Å². The third-order valence-electron chi connectivity index (χ3n) is 3.16. The van der Waals surface area contributed by atoms with E-state index in [1.807, 2.05) is 6.92 Å². The molecule has 0 saturated carbocycles. The Balaban J connectivity index is 2.29. The molecule has 25 heavy (non-hydrogen) atoms. The number of aryl methyl sites for hydroxylation is 1. The summed E-state index contributed by atoms with van der Waals surface area (Å²) >= 11 is 1.27. The number of thiazole rings is 1. The molecule has 2 aromatic rings. The van der Waals surface area contributed by atoms with Crippen molar-refractivity contribution in [2.24, 2.45) is 0 Å². The second-order valence-corrected chi connectivity index (χ2v) is 7.83. The van der Waals surface area contributed by atoms with Gasteiger partial charge in [0.2, 0.25) is 10.0 Å². The Morgan fingerprint density at radius 1 is 1.36 bits per heavy atom. The number of rotatable bonds is 7. The van der Waals surface area contributed by atoms with E-state index in [4.69, 9.17) is 5.11 Å². The molecule has 0 atom stereocenters. The third kappa shape index (κ3) is 4.98. The Labute approximate surface area is 150 Å². The highest BCUT2D eigenvalue weighted by molar-refractivity contribution is 7.89. The summed E-state index contributed by atoms with van der Waals surface area (Å²) in [6.45, 7) is 3.78. The van der Waals surface area contributed by atoms with E-state index in [0.717, 1.165) is 4.88 Å². The van der Waals surface area contributed by atoms with Gasteiger partial charge in [0.25, 0.3) is 0 Å². The number of amides is 2. The normalized spacial score (nSPS) is 11.3. The first kappa shape index (κ1) is 19.3. The molecule has 2 amide bonds. The van der Waals surface area contributed by atoms with E-state index in [0.29, 0.717) is 22.9 Å². The summed E-state index contributed by atoms with van der Waals surface area (Å²) in [4.78, 5) is 16.8. The number of sulfonamides is 1. The number of anilines is 1. The molecule has 4 N–H and O–H groups in total. The van der Waals surface area contributed by atoms with Gasteiger partial charge in [-0.05, 0) is 31.5 Å². The third-order valence-corrected chi connectivity index (χ3v) is 5.75. The molecular formula is C15H20N4O4S2. The van der Waals surface area contributed by atoms with Crippen LogP contribution in [0, 0.1) is 6.92 Å². The van der Waals surface area contributed by atoms with Gasteiger partial charge in [-0.1, -0.05) is 23.5 Å². The maximum absolute atomic E-state index is 12.2. The molecule has 0 fully saturated rings. The first-order chi connectivity index (χ1) is 11.9. The SMILES string of the molecule is CCNC(=O)Nc1nc(C)c(-c2cccc(S(=O)(=O)NCCO)c2)s1. The van der Waals surface area contributed by atoms with Crippen LogP contribution in [0.25, 0.3) is 10.4 Å². The van der Waals surface area contributed by atoms with Gasteiger partial charge in [0.1, 0.15) is 0 Å². The van der Waals surface area contributed by atoms with Crippen molar-refractivity contribution in [3.8, 4) is 10.4 Å². The summed E-state index contributed by atoms with van der Waals surface area (Å²) in [6.07, 6.45) is 0. The smallest absolute Gasteiger partial charge is 0.321 e. The molecule has 0 saturated heterocycles. The molecule has 1 heterocycles. The van der Waals surface area contributed by atoms with Crippen LogP contribution < -0.4 is 15.4 Å². The molecule has 0 bridgehead atoms. The van der Waals surface area contributed by atoms with Gasteiger partial charge in [0.05, 0.1) is 22.1 Å². The lowest BCUT2D eigenvalue weighted by molar-refractivity contribution is 0.252. The Morgan fingerprint density at radius 3 is 2.80 bits per heavy atom. The van der Waals surface area contributed by atoms with Crippen LogP contribution >= 0.6 is 11.3 Å². The highest BCUT2D eigenvalue weighted by atomic mass is 32.2. The van der Waals surface area contributed by atoms with E-state index in [9.17, 15) is 13.2 Å². The van der Waals surface area contributed by atoms with E-state index in [1.165, 1.54) is 23.5 Å². The van der Waals surface area contributed by atoms with Crippen molar-refractivity contribution in [3.63, 3.8) is 0 Å². The van der Waals surface area contributed by atoms with Crippen molar-refractivity contribution in [3.05, 3.63) is 30.0 Å². The second-order valence-electron chi connectivity index (χ2n) is 5.07. The van der Waals surface area contributed by atoms with Gasteiger partial charge in [-0.15, -0.1) is 0 Å². The maximum Gasteiger partial charge on any atom is 0.321 e. The highest BCUT2D eigenvalue weighted by Crippen LogP contribution is 2.33. The van der Waals surface area contributed by atoms with Crippen LogP contribution in [0.3, 0.4) is 0 Å². The van der Waals surface area contributed by atoms with E-state index in [1.54, 1.807) is 19.1 Å². The van der Waals surface area contributed by atoms with E-state index in [-0.39, 0.29) is 24.1 Å². The summed E-state index contributed by atoms with van der Waals surface area (Å²) in [5.74, 6) is 0. The number of nitrogens with zero attached hydrogens (tertiary/aromatic N) is 1. The van der Waals surface area contributed by atoms with Crippen LogP contribution in [-0.4, -0.2) is 44.2 Å². The molecular weight excluding hydrogens is 364 g/mol. The summed E-state index contributed by atoms with van der Waals surface area (Å²) < 4.78 is 26.7. The van der Waals surface area contributed by atoms with Crippen LogP contribution in [0.2, 0.25) is 0 Å². The molecule has 0 spiro atoms. The lowest BCUT2D eigenvalue weighted by atomic mass is 10.2. The van der Waals surface area contributed by atoms with Gasteiger partial charge in [-0.3, -0.25) is 5.32 Å². The van der Waals surface area contributed by atoms with Gasteiger partial charge >= 0.3 is 6.03 Å². The van der Waals surface area contributed by atoms with Gasteiger partial charge in [-0.2, -0.15) is 0 Å². The predicted molar refractivity (Wildman–Crippen MR) is 97.3 cm³/mol. The van der Waals surface area contributed by atoms with Crippen molar-refractivity contribution in [1.82, 2.24) is 15.0 Å². The van der Waals surface area contributed by atoms with Gasteiger partial charge in [-0.25, -0.2) is 22.9 Å². The number of nitrogens with one attached hydrogen (secondary N) is 3. The second kappa shape index (κ2) is 8.39. The number of aromatic nitrogens is 1. The Bertz CT molecular complexity index is 849. The van der Waals surface area contributed by atoms with Crippen molar-refractivity contribution < 1.29 is 18.3 Å². The summed E-state index contributed by atoms with van der Waals surface area (Å²) in [5.41, 5.74) is 1.38. The van der Waals surface area contributed by atoms with Crippen LogP contribution in [0.4, 0.5) is 9.93 Å². The Morgan fingerprint density at radius 2 is 2.12 bits per heavy atom. The minimum absolute atomic E-state index is 0.0489. The van der Waals surface area contributed by atoms with Crippen molar-refractivity contribution in [2.45, 2.75) is 18.7 Å². The van der Waals surface area contributed by atoms with E-state index in [2.05, 4.69) is 20.3 Å². The number of urea groups is 1. The lowest BCUT2D eigenvalue weighted by Crippen LogP contribution is -2.28. The largest absolute Gasteiger partial charge is 0.395 e. The number of carbonyl (C=O) groups is 1. The molecule has 10 heteroatoms. The van der Waals surface area contributed by atoms with E-state index >= 15 is 0 Å². The molecule has 1 aromatic heterocycles. The number of hydrogen-bond acceptors (Lipinski definition) is 6. The van der Waals surface area contributed by atoms with E-state index < -0.39 is 10.0 Å². The van der Waals surface area contributed by atoms with Crippen LogP contribution in [0.5, 0.6) is 0 Å². The molecule has 136 valence electrons. The average molecular weight is 384 g/mol. The fourth-order valence-electron chi connectivity index (χ4n) is 2.09. The lowest BCUT2D eigenvalue weighted by Gasteiger charge is -2.07. The molecule has 0 aliphatic rings. The maximum atomic E-state index is 12.2. The molecule has 0 unspecified atom stereocenters. The standard InChI is InChI=1S/C15H20N4O4S2/c1-3-16-14(21)19-15-18-10(2)13(24-15)11-5-4-6-12(9-11)25(22,23)17-7-8-20/h4-6,9,17,20H,3,7-8H2,1-2H3,(H2,16,18,19,21). The number of hydrogen-bond donors (Lipinski definition) is 4. The predicted octanol–water partition coefficient (Wildman–Crippen LogP) is 1.53. The molecule has 0 aliphatic carbocycles.